The number of ether oxygens (including phenoxy) is 1. The second-order valence-electron chi connectivity index (χ2n) is 3.70. The molecule has 0 aliphatic heterocycles. The number of rotatable bonds is 4. The molecule has 4 nitrogen and oxygen atoms in total. The van der Waals surface area contributed by atoms with Crippen LogP contribution in [0.4, 0.5) is 0 Å². The Hall–Kier alpha value is -1.52. The van der Waals surface area contributed by atoms with Gasteiger partial charge in [-0.15, -0.1) is 0 Å². The van der Waals surface area contributed by atoms with Gasteiger partial charge in [0.05, 0.1) is 18.7 Å². The van der Waals surface area contributed by atoms with Crippen molar-refractivity contribution in [2.24, 2.45) is 0 Å². The number of aromatic amines is 1. The van der Waals surface area contributed by atoms with Crippen LogP contribution in [0.2, 0.25) is 0 Å². The van der Waals surface area contributed by atoms with Crippen molar-refractivity contribution in [2.45, 2.75) is 6.10 Å². The summed E-state index contributed by atoms with van der Waals surface area (Å²) in [6, 6.07) is 5.79. The van der Waals surface area contributed by atoms with E-state index < -0.39 is 6.10 Å². The second-order valence-corrected chi connectivity index (χ2v) is 3.70. The highest BCUT2D eigenvalue weighted by atomic mass is 16.5. The highest BCUT2D eigenvalue weighted by Crippen LogP contribution is 2.29. The van der Waals surface area contributed by atoms with Crippen LogP contribution in [0.3, 0.4) is 0 Å². The third-order valence-corrected chi connectivity index (χ3v) is 2.69. The fraction of sp³-hybridized carbons (Fsp3) is 0.333. The van der Waals surface area contributed by atoms with Crippen LogP contribution in [-0.2, 0) is 0 Å². The minimum absolute atomic E-state index is 0.508. The summed E-state index contributed by atoms with van der Waals surface area (Å²) >= 11 is 0. The van der Waals surface area contributed by atoms with Gasteiger partial charge in [0.25, 0.3) is 0 Å². The SMILES string of the molecule is CNC[C@@H](O)c1c[nH]c2c(OC)cccc12. The molecule has 1 atom stereocenters. The predicted octanol–water partition coefficient (Wildman–Crippen LogP) is 1.43. The van der Waals surface area contributed by atoms with Crippen molar-refractivity contribution >= 4 is 10.9 Å². The van der Waals surface area contributed by atoms with E-state index in [0.717, 1.165) is 22.2 Å². The van der Waals surface area contributed by atoms with E-state index in [-0.39, 0.29) is 0 Å². The maximum absolute atomic E-state index is 9.95. The quantitative estimate of drug-likeness (QED) is 0.730. The molecule has 0 saturated heterocycles. The molecule has 4 heteroatoms. The van der Waals surface area contributed by atoms with Crippen molar-refractivity contribution in [3.8, 4) is 5.75 Å². The zero-order chi connectivity index (χ0) is 11.5. The number of para-hydroxylation sites is 1. The van der Waals surface area contributed by atoms with Gasteiger partial charge in [-0.1, -0.05) is 12.1 Å². The molecule has 16 heavy (non-hydrogen) atoms. The molecule has 0 radical (unpaired) electrons. The number of hydrogen-bond donors (Lipinski definition) is 3. The van der Waals surface area contributed by atoms with E-state index in [4.69, 9.17) is 4.74 Å². The number of benzene rings is 1. The van der Waals surface area contributed by atoms with Gasteiger partial charge in [-0.05, 0) is 13.1 Å². The van der Waals surface area contributed by atoms with Crippen LogP contribution in [-0.4, -0.2) is 30.8 Å². The number of hydrogen-bond acceptors (Lipinski definition) is 3. The van der Waals surface area contributed by atoms with Crippen LogP contribution in [0, 0.1) is 0 Å². The van der Waals surface area contributed by atoms with Gasteiger partial charge in [0, 0.05) is 23.7 Å². The van der Waals surface area contributed by atoms with Gasteiger partial charge >= 0.3 is 0 Å². The zero-order valence-electron chi connectivity index (χ0n) is 9.45. The van der Waals surface area contributed by atoms with E-state index in [2.05, 4.69) is 10.3 Å². The van der Waals surface area contributed by atoms with E-state index in [0.29, 0.717) is 6.54 Å². The molecule has 0 amide bonds. The molecule has 0 aliphatic carbocycles. The van der Waals surface area contributed by atoms with Crippen LogP contribution in [0.1, 0.15) is 11.7 Å². The summed E-state index contributed by atoms with van der Waals surface area (Å²) < 4.78 is 5.25. The Morgan fingerprint density at radius 3 is 3.00 bits per heavy atom. The Labute approximate surface area is 94.2 Å². The number of aliphatic hydroxyl groups is 1. The molecule has 0 bridgehead atoms. The number of aliphatic hydroxyl groups excluding tert-OH is 1. The Bertz CT molecular complexity index is 479. The average Bonchev–Trinajstić information content (AvgIpc) is 2.72. The molecule has 0 spiro atoms. The largest absolute Gasteiger partial charge is 0.495 e. The lowest BCUT2D eigenvalue weighted by molar-refractivity contribution is 0.179. The van der Waals surface area contributed by atoms with Crippen molar-refractivity contribution in [2.75, 3.05) is 20.7 Å². The minimum Gasteiger partial charge on any atom is -0.495 e. The fourth-order valence-corrected chi connectivity index (χ4v) is 1.90. The van der Waals surface area contributed by atoms with Crippen molar-refractivity contribution in [1.29, 1.82) is 0 Å². The van der Waals surface area contributed by atoms with Gasteiger partial charge in [0.2, 0.25) is 0 Å². The molecule has 0 aliphatic rings. The normalized spacial score (nSPS) is 12.9. The number of methoxy groups -OCH3 is 1. The monoisotopic (exact) mass is 220 g/mol. The summed E-state index contributed by atoms with van der Waals surface area (Å²) in [5.41, 5.74) is 1.82. The Kier molecular flexibility index (Phi) is 3.12. The smallest absolute Gasteiger partial charge is 0.142 e. The first-order chi connectivity index (χ1) is 7.77. The van der Waals surface area contributed by atoms with E-state index in [1.807, 2.05) is 31.4 Å². The van der Waals surface area contributed by atoms with Gasteiger partial charge in [-0.2, -0.15) is 0 Å². The summed E-state index contributed by atoms with van der Waals surface area (Å²) in [6.07, 6.45) is 1.32. The van der Waals surface area contributed by atoms with E-state index in [9.17, 15) is 5.11 Å². The van der Waals surface area contributed by atoms with Crippen LogP contribution in [0.5, 0.6) is 5.75 Å². The summed E-state index contributed by atoms with van der Waals surface area (Å²) in [4.78, 5) is 3.13. The molecule has 0 fully saturated rings. The Morgan fingerprint density at radius 1 is 1.50 bits per heavy atom. The number of fused-ring (bicyclic) bond motifs is 1. The summed E-state index contributed by atoms with van der Waals surface area (Å²) in [6.45, 7) is 0.532. The van der Waals surface area contributed by atoms with Crippen LogP contribution < -0.4 is 10.1 Å². The second kappa shape index (κ2) is 4.55. The van der Waals surface area contributed by atoms with E-state index in [1.165, 1.54) is 0 Å². The number of likely N-dealkylation sites (N-methyl/N-ethyl adjacent to an activating group) is 1. The maximum atomic E-state index is 9.95. The molecule has 1 heterocycles. The van der Waals surface area contributed by atoms with Gasteiger partial charge in [-0.3, -0.25) is 0 Å². The maximum Gasteiger partial charge on any atom is 0.142 e. The highest BCUT2D eigenvalue weighted by Gasteiger charge is 2.13. The third kappa shape index (κ3) is 1.77. The van der Waals surface area contributed by atoms with Gasteiger partial charge in [-0.25, -0.2) is 0 Å². The lowest BCUT2D eigenvalue weighted by atomic mass is 10.1. The van der Waals surface area contributed by atoms with Crippen LogP contribution in [0.25, 0.3) is 10.9 Å². The average molecular weight is 220 g/mol. The first-order valence-corrected chi connectivity index (χ1v) is 5.24. The molecule has 86 valence electrons. The number of nitrogens with one attached hydrogen (secondary N) is 2. The summed E-state index contributed by atoms with van der Waals surface area (Å²) in [5.74, 6) is 0.792. The fourth-order valence-electron chi connectivity index (χ4n) is 1.90. The Morgan fingerprint density at radius 2 is 2.31 bits per heavy atom. The molecule has 3 N–H and O–H groups in total. The van der Waals surface area contributed by atoms with Crippen LogP contribution in [0.15, 0.2) is 24.4 Å². The van der Waals surface area contributed by atoms with Crippen LogP contribution >= 0.6 is 0 Å². The first-order valence-electron chi connectivity index (χ1n) is 5.24. The van der Waals surface area contributed by atoms with Crippen molar-refractivity contribution in [1.82, 2.24) is 10.3 Å². The number of H-pyrrole nitrogens is 1. The molecule has 0 unspecified atom stereocenters. The lowest BCUT2D eigenvalue weighted by Crippen LogP contribution is -2.16. The molecule has 2 rings (SSSR count). The van der Waals surface area contributed by atoms with Gasteiger partial charge in [0.15, 0.2) is 0 Å². The van der Waals surface area contributed by atoms with Gasteiger partial charge < -0.3 is 20.1 Å². The van der Waals surface area contributed by atoms with Crippen molar-refractivity contribution in [3.05, 3.63) is 30.0 Å². The van der Waals surface area contributed by atoms with Crippen molar-refractivity contribution < 1.29 is 9.84 Å². The number of aromatic nitrogens is 1. The third-order valence-electron chi connectivity index (χ3n) is 2.69. The topological polar surface area (TPSA) is 57.3 Å². The molecule has 0 saturated carbocycles. The molecular formula is C12H16N2O2. The first kappa shape index (κ1) is 11.0. The highest BCUT2D eigenvalue weighted by molar-refractivity contribution is 5.88. The van der Waals surface area contributed by atoms with E-state index in [1.54, 1.807) is 7.11 Å². The standard InChI is InChI=1S/C12H16N2O2/c1-13-7-10(15)9-6-14-12-8(9)4-3-5-11(12)16-2/h3-6,10,13-15H,7H2,1-2H3/t10-/m1/s1. The summed E-state index contributed by atoms with van der Waals surface area (Å²) in [5, 5.41) is 13.9. The Balaban J connectivity index is 2.48. The minimum atomic E-state index is -0.508. The lowest BCUT2D eigenvalue weighted by Gasteiger charge is -2.08. The summed E-state index contributed by atoms with van der Waals surface area (Å²) in [7, 11) is 3.46. The molecule has 1 aromatic carbocycles. The zero-order valence-corrected chi connectivity index (χ0v) is 9.45. The van der Waals surface area contributed by atoms with Crippen molar-refractivity contribution in [3.63, 3.8) is 0 Å². The van der Waals surface area contributed by atoms with Gasteiger partial charge in [0.1, 0.15) is 5.75 Å². The predicted molar refractivity (Wildman–Crippen MR) is 63.7 cm³/mol. The molecule has 2 aromatic rings. The molecular weight excluding hydrogens is 204 g/mol. The molecule has 1 aromatic heterocycles. The van der Waals surface area contributed by atoms with E-state index >= 15 is 0 Å².